The lowest BCUT2D eigenvalue weighted by Crippen LogP contribution is -2.71. The van der Waals surface area contributed by atoms with E-state index in [4.69, 9.17) is 11.5 Å². The van der Waals surface area contributed by atoms with Gasteiger partial charge in [-0.3, -0.25) is 14.4 Å². The number of carbonyl (C=O) groups excluding carboxylic acids is 3. The maximum absolute atomic E-state index is 13.9. The monoisotopic (exact) mass is 556 g/mol. The Balaban J connectivity index is 6.25. The molecule has 0 aliphatic heterocycles. The van der Waals surface area contributed by atoms with Crippen molar-refractivity contribution in [3.63, 3.8) is 0 Å². The number of rotatable bonds is 22. The van der Waals surface area contributed by atoms with Gasteiger partial charge < -0.3 is 26.8 Å². The van der Waals surface area contributed by atoms with Gasteiger partial charge in [0.2, 0.25) is 5.60 Å². The molecule has 8 nitrogen and oxygen atoms in total. The van der Waals surface area contributed by atoms with Crippen LogP contribution in [0.3, 0.4) is 0 Å². The first-order valence-corrected chi connectivity index (χ1v) is 15.2. The zero-order valence-electron chi connectivity index (χ0n) is 26.0. The van der Waals surface area contributed by atoms with Gasteiger partial charge >= 0.3 is 0 Å². The van der Waals surface area contributed by atoms with Crippen molar-refractivity contribution in [2.45, 2.75) is 143 Å². The van der Waals surface area contributed by atoms with E-state index in [1.165, 1.54) is 0 Å². The van der Waals surface area contributed by atoms with Gasteiger partial charge in [0.05, 0.1) is 6.61 Å². The molecule has 230 valence electrons. The molecule has 39 heavy (non-hydrogen) atoms. The van der Waals surface area contributed by atoms with Crippen LogP contribution in [0.2, 0.25) is 0 Å². The summed E-state index contributed by atoms with van der Waals surface area (Å²) in [6.07, 6.45) is 6.25. The van der Waals surface area contributed by atoms with Gasteiger partial charge in [0.1, 0.15) is 0 Å². The van der Waals surface area contributed by atoms with Crippen LogP contribution in [0.25, 0.3) is 0 Å². The molecule has 0 aromatic heterocycles. The van der Waals surface area contributed by atoms with Gasteiger partial charge in [-0.15, -0.1) is 0 Å². The van der Waals surface area contributed by atoms with Crippen LogP contribution in [0.1, 0.15) is 120 Å². The molecule has 0 heterocycles. The van der Waals surface area contributed by atoms with Crippen LogP contribution >= 0.6 is 0 Å². The maximum Gasteiger partial charge on any atom is 0.220 e. The van der Waals surface area contributed by atoms with Gasteiger partial charge in [-0.25, -0.2) is 0 Å². The predicted octanol–water partition coefficient (Wildman–Crippen LogP) is 3.94. The second kappa shape index (κ2) is 17.6. The number of carbonyl (C=O) groups is 3. The normalized spacial score (nSPS) is 20.5. The van der Waals surface area contributed by atoms with Gasteiger partial charge in [-0.05, 0) is 63.7 Å². The minimum absolute atomic E-state index is 0.00804. The van der Waals surface area contributed by atoms with E-state index in [0.717, 1.165) is 25.7 Å². The lowest BCUT2D eigenvalue weighted by Gasteiger charge is -2.42. The fourth-order valence-electron chi connectivity index (χ4n) is 6.00. The molecule has 0 aromatic rings. The third-order valence-electron chi connectivity index (χ3n) is 8.12. The standard InChI is InChI=1S/C31H60N2O6/c1-9-10-11-12-20(2)13-14-27(35)30(38,19-34)31(39,28(36)23(5)15-21(3)17-25(7)32)29(37)24(6)16-22(4)18-26(8)33/h20-26,34,38-39H,9-19,32-33H2,1-8H3. The summed E-state index contributed by atoms with van der Waals surface area (Å²) in [4.78, 5) is 41.2. The number of hydrogen-bond donors (Lipinski definition) is 5. The minimum atomic E-state index is -3.06. The molecule has 0 radical (unpaired) electrons. The molecule has 0 saturated carbocycles. The third kappa shape index (κ3) is 11.3. The SMILES string of the molecule is CCCCCC(C)CCC(=O)C(O)(CO)C(O)(C(=O)C(C)CC(C)CC(C)N)C(=O)C(C)CC(C)CC(C)N. The minimum Gasteiger partial charge on any atom is -0.393 e. The lowest BCUT2D eigenvalue weighted by atomic mass is 9.66. The largest absolute Gasteiger partial charge is 0.393 e. The number of hydrogen-bond acceptors (Lipinski definition) is 8. The Kier molecular flexibility index (Phi) is 17.0. The van der Waals surface area contributed by atoms with E-state index in [0.29, 0.717) is 32.1 Å². The highest BCUT2D eigenvalue weighted by Gasteiger charge is 2.64. The summed E-state index contributed by atoms with van der Waals surface area (Å²) in [6, 6.07) is -0.186. The van der Waals surface area contributed by atoms with E-state index in [9.17, 15) is 29.7 Å². The molecule has 8 atom stereocenters. The Hall–Kier alpha value is -1.19. The van der Waals surface area contributed by atoms with Crippen LogP contribution in [-0.2, 0) is 14.4 Å². The third-order valence-corrected chi connectivity index (χ3v) is 8.12. The van der Waals surface area contributed by atoms with Crippen molar-refractivity contribution in [2.75, 3.05) is 6.61 Å². The quantitative estimate of drug-likeness (QED) is 0.0988. The zero-order chi connectivity index (χ0) is 30.6. The Morgan fingerprint density at radius 1 is 0.692 bits per heavy atom. The van der Waals surface area contributed by atoms with Crippen molar-refractivity contribution < 1.29 is 29.7 Å². The average molecular weight is 557 g/mol. The number of ketones is 3. The summed E-state index contributed by atoms with van der Waals surface area (Å²) >= 11 is 0. The van der Waals surface area contributed by atoms with Crippen molar-refractivity contribution in [2.24, 2.45) is 41.1 Å². The highest BCUT2D eigenvalue weighted by atomic mass is 16.4. The van der Waals surface area contributed by atoms with Crippen LogP contribution in [0, 0.1) is 29.6 Å². The van der Waals surface area contributed by atoms with Crippen molar-refractivity contribution in [3.05, 3.63) is 0 Å². The lowest BCUT2D eigenvalue weighted by molar-refractivity contribution is -0.197. The van der Waals surface area contributed by atoms with Gasteiger partial charge in [0.25, 0.3) is 0 Å². The van der Waals surface area contributed by atoms with Gasteiger partial charge in [-0.1, -0.05) is 67.2 Å². The van der Waals surface area contributed by atoms with Crippen molar-refractivity contribution in [1.82, 2.24) is 0 Å². The first kappa shape index (κ1) is 37.8. The second-order valence-electron chi connectivity index (χ2n) is 12.9. The predicted molar refractivity (Wildman–Crippen MR) is 157 cm³/mol. The molecule has 0 aliphatic rings. The average Bonchev–Trinajstić information content (AvgIpc) is 2.83. The molecule has 0 aromatic carbocycles. The van der Waals surface area contributed by atoms with Crippen LogP contribution < -0.4 is 11.5 Å². The molecule has 0 aliphatic carbocycles. The highest BCUT2D eigenvalue weighted by Crippen LogP contribution is 2.36. The molecular weight excluding hydrogens is 496 g/mol. The molecule has 0 spiro atoms. The topological polar surface area (TPSA) is 164 Å². The summed E-state index contributed by atoms with van der Waals surface area (Å²) in [5.74, 6) is -4.25. The fraction of sp³-hybridized carbons (Fsp3) is 0.903. The summed E-state index contributed by atoms with van der Waals surface area (Å²) in [7, 11) is 0. The molecule has 0 amide bonds. The number of unbranched alkanes of at least 4 members (excludes halogenated alkanes) is 2. The molecule has 0 fully saturated rings. The number of Topliss-reactive ketones (excluding diaryl/α,β-unsaturated/α-hetero) is 3. The Labute approximate surface area is 237 Å². The van der Waals surface area contributed by atoms with Gasteiger partial charge in [0, 0.05) is 30.3 Å². The number of nitrogens with two attached hydrogens (primary N) is 2. The molecule has 7 N–H and O–H groups in total. The molecule has 8 heteroatoms. The molecule has 0 bridgehead atoms. The van der Waals surface area contributed by atoms with Crippen molar-refractivity contribution >= 4 is 17.3 Å². The van der Waals surface area contributed by atoms with Crippen LogP contribution in [0.15, 0.2) is 0 Å². The van der Waals surface area contributed by atoms with E-state index < -0.39 is 47.0 Å². The van der Waals surface area contributed by atoms with Crippen LogP contribution in [-0.4, -0.2) is 62.6 Å². The maximum atomic E-state index is 13.9. The molecular formula is C31H60N2O6. The Morgan fingerprint density at radius 3 is 1.49 bits per heavy atom. The van der Waals surface area contributed by atoms with E-state index in [1.54, 1.807) is 13.8 Å². The van der Waals surface area contributed by atoms with E-state index in [-0.39, 0.29) is 36.3 Å². The summed E-state index contributed by atoms with van der Waals surface area (Å²) in [6.45, 7) is 13.6. The van der Waals surface area contributed by atoms with Gasteiger partial charge in [0.15, 0.2) is 23.0 Å². The Bertz CT molecular complexity index is 719. The van der Waals surface area contributed by atoms with Crippen LogP contribution in [0.4, 0.5) is 0 Å². The van der Waals surface area contributed by atoms with E-state index in [2.05, 4.69) is 6.92 Å². The Morgan fingerprint density at radius 2 is 1.13 bits per heavy atom. The second-order valence-corrected chi connectivity index (χ2v) is 12.9. The highest BCUT2D eigenvalue weighted by molar-refractivity contribution is 6.17. The van der Waals surface area contributed by atoms with E-state index in [1.807, 2.05) is 34.6 Å². The summed E-state index contributed by atoms with van der Waals surface area (Å²) in [5.41, 5.74) is 5.83. The summed E-state index contributed by atoms with van der Waals surface area (Å²) in [5, 5.41) is 33.9. The smallest absolute Gasteiger partial charge is 0.220 e. The van der Waals surface area contributed by atoms with Crippen molar-refractivity contribution in [3.8, 4) is 0 Å². The molecule has 0 rings (SSSR count). The fourth-order valence-corrected chi connectivity index (χ4v) is 6.00. The number of aliphatic hydroxyl groups excluding tert-OH is 1. The van der Waals surface area contributed by atoms with E-state index >= 15 is 0 Å². The first-order chi connectivity index (χ1) is 18.0. The van der Waals surface area contributed by atoms with Crippen LogP contribution in [0.5, 0.6) is 0 Å². The van der Waals surface area contributed by atoms with Crippen molar-refractivity contribution in [1.29, 1.82) is 0 Å². The molecule has 0 saturated heterocycles. The first-order valence-electron chi connectivity index (χ1n) is 15.2. The molecule has 8 unspecified atom stereocenters. The summed E-state index contributed by atoms with van der Waals surface area (Å²) < 4.78 is 0. The zero-order valence-corrected chi connectivity index (χ0v) is 26.0. The number of aliphatic hydroxyl groups is 3. The van der Waals surface area contributed by atoms with Gasteiger partial charge in [-0.2, -0.15) is 0 Å².